The minimum Gasteiger partial charge on any atom is -0.490 e. The van der Waals surface area contributed by atoms with Crippen molar-refractivity contribution in [3.8, 4) is 5.75 Å². The largest absolute Gasteiger partial charge is 0.490 e. The van der Waals surface area contributed by atoms with E-state index in [0.717, 1.165) is 24.2 Å². The molecule has 4 rings (SSSR count). The summed E-state index contributed by atoms with van der Waals surface area (Å²) in [5, 5.41) is 4.85. The van der Waals surface area contributed by atoms with Gasteiger partial charge in [-0.2, -0.15) is 5.10 Å². The maximum Gasteiger partial charge on any atom is 0.225 e. The van der Waals surface area contributed by atoms with Gasteiger partial charge < -0.3 is 24.2 Å². The molecule has 3 heterocycles. The van der Waals surface area contributed by atoms with Gasteiger partial charge in [-0.15, -0.1) is 0 Å². The molecule has 0 radical (unpaired) electrons. The zero-order valence-electron chi connectivity index (χ0n) is 21.4. The van der Waals surface area contributed by atoms with Gasteiger partial charge in [-0.25, -0.2) is 0 Å². The number of carbonyl (C=O) groups excluding carboxylic acids is 2. The van der Waals surface area contributed by atoms with Crippen molar-refractivity contribution < 1.29 is 19.1 Å². The summed E-state index contributed by atoms with van der Waals surface area (Å²) in [7, 11) is 3.92. The highest BCUT2D eigenvalue weighted by Crippen LogP contribution is 2.28. The summed E-state index contributed by atoms with van der Waals surface area (Å²) in [6, 6.07) is 5.48. The summed E-state index contributed by atoms with van der Waals surface area (Å²) in [5.74, 6) is 0.733. The van der Waals surface area contributed by atoms with E-state index in [1.807, 2.05) is 42.1 Å². The normalized spacial score (nSPS) is 21.0. The number of morpholine rings is 1. The third-order valence-corrected chi connectivity index (χ3v) is 7.37. The molecule has 1 atom stereocenters. The van der Waals surface area contributed by atoms with E-state index in [2.05, 4.69) is 17.0 Å². The minimum atomic E-state index is -0.920. The van der Waals surface area contributed by atoms with E-state index in [9.17, 15) is 9.59 Å². The van der Waals surface area contributed by atoms with Crippen LogP contribution in [0, 0.1) is 6.92 Å². The molecule has 2 aliphatic rings. The van der Waals surface area contributed by atoms with E-state index in [0.29, 0.717) is 56.4 Å². The van der Waals surface area contributed by atoms with Crippen LogP contribution in [0.1, 0.15) is 24.0 Å². The first-order valence-corrected chi connectivity index (χ1v) is 12.9. The van der Waals surface area contributed by atoms with Gasteiger partial charge in [-0.1, -0.05) is 11.6 Å². The molecule has 0 saturated carbocycles. The number of carbonyl (C=O) groups is 2. The summed E-state index contributed by atoms with van der Waals surface area (Å²) < 4.78 is 14.1. The van der Waals surface area contributed by atoms with E-state index in [-0.39, 0.29) is 24.8 Å². The Hall–Kier alpha value is -2.62. The number of aromatic nitrogens is 2. The molecular formula is C26H36ClN5O4. The number of amides is 2. The van der Waals surface area contributed by atoms with E-state index < -0.39 is 5.60 Å². The van der Waals surface area contributed by atoms with Crippen LogP contribution >= 0.6 is 11.6 Å². The number of aryl methyl sites for hydroxylation is 3. The fourth-order valence-corrected chi connectivity index (χ4v) is 4.80. The van der Waals surface area contributed by atoms with E-state index in [1.165, 1.54) is 0 Å². The number of nitrogens with zero attached hydrogens (tertiary/aromatic N) is 5. The van der Waals surface area contributed by atoms with Crippen LogP contribution in [0.3, 0.4) is 0 Å². The lowest BCUT2D eigenvalue weighted by molar-refractivity contribution is -0.166. The van der Waals surface area contributed by atoms with Gasteiger partial charge in [0.1, 0.15) is 18.0 Å². The third kappa shape index (κ3) is 6.78. The maximum absolute atomic E-state index is 13.3. The molecule has 0 aliphatic carbocycles. The predicted octanol–water partition coefficient (Wildman–Crippen LogP) is 2.16. The number of hydrogen-bond donors (Lipinski definition) is 0. The third-order valence-electron chi connectivity index (χ3n) is 6.95. The Morgan fingerprint density at radius 1 is 1.11 bits per heavy atom. The lowest BCUT2D eigenvalue weighted by Crippen LogP contribution is -2.59. The first-order chi connectivity index (χ1) is 17.2. The molecule has 36 heavy (non-hydrogen) atoms. The Morgan fingerprint density at radius 3 is 2.58 bits per heavy atom. The quantitative estimate of drug-likeness (QED) is 0.534. The Balaban J connectivity index is 1.45. The number of ether oxygens (including phenoxy) is 2. The summed E-state index contributed by atoms with van der Waals surface area (Å²) in [6.07, 6.45) is 4.87. The van der Waals surface area contributed by atoms with Gasteiger partial charge in [-0.3, -0.25) is 14.3 Å². The molecule has 1 aromatic heterocycles. The standard InChI is InChI=1S/C26H36ClN5O4/c1-20-14-22(5-6-23(20)27)35-19-26(15-25(34)31-10-8-29(2)9-11-31)18-32(12-13-36-26)24(33)7-4-21-16-28-30(3)17-21/h5-6,14,16-17H,4,7-13,15,18-19H2,1-3H3/t26-/m1/s1. The molecule has 196 valence electrons. The first kappa shape index (κ1) is 26.4. The number of likely N-dealkylation sites (N-methyl/N-ethyl adjacent to an activating group) is 1. The van der Waals surface area contributed by atoms with Crippen molar-refractivity contribution in [2.75, 3.05) is 59.5 Å². The smallest absolute Gasteiger partial charge is 0.225 e. The van der Waals surface area contributed by atoms with Crippen LogP contribution in [-0.4, -0.2) is 101 Å². The summed E-state index contributed by atoms with van der Waals surface area (Å²) in [4.78, 5) is 32.4. The molecule has 2 aromatic rings. The molecule has 0 bridgehead atoms. The van der Waals surface area contributed by atoms with Crippen molar-refractivity contribution >= 4 is 23.4 Å². The lowest BCUT2D eigenvalue weighted by atomic mass is 9.96. The maximum atomic E-state index is 13.3. The van der Waals surface area contributed by atoms with Crippen molar-refractivity contribution in [1.29, 1.82) is 0 Å². The molecule has 0 unspecified atom stereocenters. The average molecular weight is 518 g/mol. The molecule has 9 nitrogen and oxygen atoms in total. The van der Waals surface area contributed by atoms with Gasteiger partial charge in [0.15, 0.2) is 0 Å². The summed E-state index contributed by atoms with van der Waals surface area (Å²) >= 11 is 6.17. The number of rotatable bonds is 8. The van der Waals surface area contributed by atoms with Crippen LogP contribution in [-0.2, 0) is 27.8 Å². The molecule has 0 N–H and O–H groups in total. The van der Waals surface area contributed by atoms with E-state index >= 15 is 0 Å². The second-order valence-corrected chi connectivity index (χ2v) is 10.3. The SMILES string of the molecule is Cc1cc(OC[C@@]2(CC(=O)N3CCN(C)CC3)CN(C(=O)CCc3cnn(C)c3)CCO2)ccc1Cl. The van der Waals surface area contributed by atoms with Crippen LogP contribution in [0.5, 0.6) is 5.75 Å². The highest BCUT2D eigenvalue weighted by Gasteiger charge is 2.42. The lowest BCUT2D eigenvalue weighted by Gasteiger charge is -2.43. The van der Waals surface area contributed by atoms with Crippen LogP contribution in [0.15, 0.2) is 30.6 Å². The van der Waals surface area contributed by atoms with Gasteiger partial charge in [0.05, 0.1) is 25.8 Å². The van der Waals surface area contributed by atoms with Crippen molar-refractivity contribution in [2.45, 2.75) is 31.8 Å². The predicted molar refractivity (Wildman–Crippen MR) is 137 cm³/mol. The van der Waals surface area contributed by atoms with Gasteiger partial charge in [-0.05, 0) is 49.7 Å². The Kier molecular flexibility index (Phi) is 8.54. The highest BCUT2D eigenvalue weighted by atomic mass is 35.5. The fraction of sp³-hybridized carbons (Fsp3) is 0.577. The van der Waals surface area contributed by atoms with Gasteiger partial charge in [0, 0.05) is 57.4 Å². The molecule has 2 aliphatic heterocycles. The van der Waals surface area contributed by atoms with Crippen LogP contribution in [0.25, 0.3) is 0 Å². The molecule has 2 fully saturated rings. The van der Waals surface area contributed by atoms with Crippen molar-refractivity contribution in [2.24, 2.45) is 7.05 Å². The molecule has 2 saturated heterocycles. The van der Waals surface area contributed by atoms with Crippen molar-refractivity contribution in [3.63, 3.8) is 0 Å². The zero-order chi connectivity index (χ0) is 25.7. The van der Waals surface area contributed by atoms with Crippen LogP contribution in [0.4, 0.5) is 0 Å². The summed E-state index contributed by atoms with van der Waals surface area (Å²) in [6.45, 7) is 6.32. The van der Waals surface area contributed by atoms with Crippen molar-refractivity contribution in [1.82, 2.24) is 24.5 Å². The molecule has 2 amide bonds. The van der Waals surface area contributed by atoms with Gasteiger partial charge in [0.2, 0.25) is 11.8 Å². The van der Waals surface area contributed by atoms with E-state index in [4.69, 9.17) is 21.1 Å². The number of piperazine rings is 1. The fourth-order valence-electron chi connectivity index (χ4n) is 4.68. The number of hydrogen-bond acceptors (Lipinski definition) is 6. The van der Waals surface area contributed by atoms with Crippen LogP contribution in [0.2, 0.25) is 5.02 Å². The first-order valence-electron chi connectivity index (χ1n) is 12.5. The highest BCUT2D eigenvalue weighted by molar-refractivity contribution is 6.31. The van der Waals surface area contributed by atoms with Crippen LogP contribution < -0.4 is 4.74 Å². The van der Waals surface area contributed by atoms with Gasteiger partial charge in [0.25, 0.3) is 0 Å². The second kappa shape index (κ2) is 11.6. The average Bonchev–Trinajstić information content (AvgIpc) is 3.29. The zero-order valence-corrected chi connectivity index (χ0v) is 22.2. The Bertz CT molecular complexity index is 1070. The second-order valence-electron chi connectivity index (χ2n) is 9.93. The molecule has 0 spiro atoms. The van der Waals surface area contributed by atoms with E-state index in [1.54, 1.807) is 16.9 Å². The molecular weight excluding hydrogens is 482 g/mol. The van der Waals surface area contributed by atoms with Crippen molar-refractivity contribution in [3.05, 3.63) is 46.7 Å². The Morgan fingerprint density at radius 2 is 1.89 bits per heavy atom. The molecule has 10 heteroatoms. The van der Waals surface area contributed by atoms with Gasteiger partial charge >= 0.3 is 0 Å². The minimum absolute atomic E-state index is 0.0312. The monoisotopic (exact) mass is 517 g/mol. The molecule has 1 aromatic carbocycles. The summed E-state index contributed by atoms with van der Waals surface area (Å²) in [5.41, 5.74) is 1.02. The Labute approximate surface area is 217 Å². The number of halogens is 1. The topological polar surface area (TPSA) is 80.1 Å². The number of benzene rings is 1.